The van der Waals surface area contributed by atoms with Gasteiger partial charge in [0, 0.05) is 10.6 Å². The van der Waals surface area contributed by atoms with E-state index in [0.717, 1.165) is 4.90 Å². The second-order valence-electron chi connectivity index (χ2n) is 4.95. The summed E-state index contributed by atoms with van der Waals surface area (Å²) >= 11 is 1.56. The third kappa shape index (κ3) is 4.10. The number of amides is 1. The van der Waals surface area contributed by atoms with E-state index in [9.17, 15) is 13.2 Å². The first-order valence-electron chi connectivity index (χ1n) is 7.27. The van der Waals surface area contributed by atoms with Crippen molar-refractivity contribution in [2.75, 3.05) is 24.4 Å². The molecule has 0 spiro atoms. The third-order valence-electron chi connectivity index (χ3n) is 3.50. The van der Waals surface area contributed by atoms with Gasteiger partial charge in [0.2, 0.25) is 0 Å². The van der Waals surface area contributed by atoms with Crippen molar-refractivity contribution in [2.45, 2.75) is 16.7 Å². The molecule has 7 heteroatoms. The largest absolute Gasteiger partial charge is 0.496 e. The molecular formula is C17H19NO4S2. The summed E-state index contributed by atoms with van der Waals surface area (Å²) in [6, 6.07) is 11.5. The zero-order valence-electron chi connectivity index (χ0n) is 13.7. The van der Waals surface area contributed by atoms with Crippen molar-refractivity contribution in [3.63, 3.8) is 0 Å². The van der Waals surface area contributed by atoms with E-state index in [1.54, 1.807) is 43.0 Å². The maximum atomic E-state index is 12.4. The smallest absolute Gasteiger partial charge is 0.259 e. The Morgan fingerprint density at radius 1 is 1.17 bits per heavy atom. The molecule has 0 atom stereocenters. The van der Waals surface area contributed by atoms with Gasteiger partial charge in [-0.25, -0.2) is 8.42 Å². The Morgan fingerprint density at radius 3 is 2.38 bits per heavy atom. The van der Waals surface area contributed by atoms with Gasteiger partial charge in [-0.2, -0.15) is 0 Å². The summed E-state index contributed by atoms with van der Waals surface area (Å²) in [5.74, 6) is 0.215. The Labute approximate surface area is 146 Å². The van der Waals surface area contributed by atoms with E-state index in [2.05, 4.69) is 5.32 Å². The Bertz CT molecular complexity index is 830. The molecule has 0 aliphatic carbocycles. The average Bonchev–Trinajstić information content (AvgIpc) is 2.61. The number of nitrogens with one attached hydrogen (secondary N) is 1. The molecule has 128 valence electrons. The van der Waals surface area contributed by atoms with Crippen LogP contribution >= 0.6 is 11.8 Å². The van der Waals surface area contributed by atoms with E-state index in [1.807, 2.05) is 12.3 Å². The lowest BCUT2D eigenvalue weighted by Gasteiger charge is -2.11. The molecule has 1 N–H and O–H groups in total. The van der Waals surface area contributed by atoms with Crippen LogP contribution in [0.2, 0.25) is 0 Å². The minimum atomic E-state index is -3.25. The number of hydrogen-bond acceptors (Lipinski definition) is 5. The molecule has 5 nitrogen and oxygen atoms in total. The predicted octanol–water partition coefficient (Wildman–Crippen LogP) is 3.46. The summed E-state index contributed by atoms with van der Waals surface area (Å²) in [6.45, 7) is 1.59. The molecule has 0 unspecified atom stereocenters. The van der Waals surface area contributed by atoms with E-state index < -0.39 is 9.84 Å². The predicted molar refractivity (Wildman–Crippen MR) is 96.9 cm³/mol. The van der Waals surface area contributed by atoms with E-state index in [0.29, 0.717) is 17.0 Å². The van der Waals surface area contributed by atoms with Gasteiger partial charge in [-0.05, 0) is 48.7 Å². The second-order valence-corrected chi connectivity index (χ2v) is 8.11. The van der Waals surface area contributed by atoms with Crippen molar-refractivity contribution in [3.8, 4) is 5.75 Å². The van der Waals surface area contributed by atoms with Gasteiger partial charge in [0.25, 0.3) is 5.91 Å². The Morgan fingerprint density at radius 2 is 1.83 bits per heavy atom. The summed E-state index contributed by atoms with van der Waals surface area (Å²) in [6.07, 6.45) is 1.94. The lowest BCUT2D eigenvalue weighted by Crippen LogP contribution is -2.13. The highest BCUT2D eigenvalue weighted by Gasteiger charge is 2.14. The minimum Gasteiger partial charge on any atom is -0.496 e. The normalized spacial score (nSPS) is 11.1. The lowest BCUT2D eigenvalue weighted by molar-refractivity contribution is 0.102. The highest BCUT2D eigenvalue weighted by molar-refractivity contribution is 7.98. The number of carbonyl (C=O) groups is 1. The maximum absolute atomic E-state index is 12.4. The maximum Gasteiger partial charge on any atom is 0.259 e. The van der Waals surface area contributed by atoms with Crippen LogP contribution in [0.1, 0.15) is 17.3 Å². The first kappa shape index (κ1) is 18.4. The van der Waals surface area contributed by atoms with Crippen molar-refractivity contribution >= 4 is 33.2 Å². The number of ether oxygens (including phenoxy) is 1. The molecule has 2 rings (SSSR count). The number of sulfone groups is 1. The fourth-order valence-corrected chi connectivity index (χ4v) is 3.41. The first-order chi connectivity index (χ1) is 11.4. The van der Waals surface area contributed by atoms with E-state index in [4.69, 9.17) is 4.74 Å². The van der Waals surface area contributed by atoms with Crippen LogP contribution in [-0.4, -0.2) is 33.4 Å². The van der Waals surface area contributed by atoms with Gasteiger partial charge in [-0.1, -0.05) is 6.92 Å². The SMILES string of the molecule is CCS(=O)(=O)c1ccc(NC(=O)c2ccc(SC)cc2OC)cc1. The number of hydrogen-bond donors (Lipinski definition) is 1. The molecular weight excluding hydrogens is 346 g/mol. The average molecular weight is 365 g/mol. The van der Waals surface area contributed by atoms with Crippen LogP contribution < -0.4 is 10.1 Å². The van der Waals surface area contributed by atoms with Gasteiger partial charge in [0.15, 0.2) is 9.84 Å². The monoisotopic (exact) mass is 365 g/mol. The first-order valence-corrected chi connectivity index (χ1v) is 10.1. The van der Waals surface area contributed by atoms with E-state index >= 15 is 0 Å². The molecule has 0 radical (unpaired) electrons. The lowest BCUT2D eigenvalue weighted by atomic mass is 10.2. The quantitative estimate of drug-likeness (QED) is 0.794. The molecule has 0 saturated heterocycles. The minimum absolute atomic E-state index is 0.0394. The topological polar surface area (TPSA) is 72.5 Å². The van der Waals surface area contributed by atoms with Crippen LogP contribution in [0, 0.1) is 0 Å². The molecule has 0 bridgehead atoms. The Kier molecular flexibility index (Phi) is 5.90. The fraction of sp³-hybridized carbons (Fsp3) is 0.235. The number of carbonyl (C=O) groups excluding carboxylic acids is 1. The summed E-state index contributed by atoms with van der Waals surface area (Å²) in [7, 11) is -1.73. The van der Waals surface area contributed by atoms with Crippen LogP contribution in [0.25, 0.3) is 0 Å². The molecule has 0 fully saturated rings. The van der Waals surface area contributed by atoms with Crippen molar-refractivity contribution < 1.29 is 17.9 Å². The van der Waals surface area contributed by atoms with Gasteiger partial charge in [0.1, 0.15) is 5.75 Å². The van der Waals surface area contributed by atoms with Gasteiger partial charge in [0.05, 0.1) is 23.3 Å². The highest BCUT2D eigenvalue weighted by Crippen LogP contribution is 2.26. The zero-order chi connectivity index (χ0) is 17.7. The molecule has 24 heavy (non-hydrogen) atoms. The number of benzene rings is 2. The molecule has 0 aromatic heterocycles. The number of rotatable bonds is 6. The van der Waals surface area contributed by atoms with Gasteiger partial charge in [-0.15, -0.1) is 11.8 Å². The molecule has 2 aromatic rings. The number of methoxy groups -OCH3 is 1. The summed E-state index contributed by atoms with van der Waals surface area (Å²) in [5, 5.41) is 2.75. The van der Waals surface area contributed by atoms with E-state index in [1.165, 1.54) is 19.2 Å². The van der Waals surface area contributed by atoms with Crippen LogP contribution in [0.4, 0.5) is 5.69 Å². The standard InChI is InChI=1S/C17H19NO4S2/c1-4-24(20,21)14-8-5-12(6-9-14)18-17(19)15-10-7-13(23-3)11-16(15)22-2/h5-11H,4H2,1-3H3,(H,18,19). The zero-order valence-corrected chi connectivity index (χ0v) is 15.3. The van der Waals surface area contributed by atoms with Crippen LogP contribution in [0.5, 0.6) is 5.75 Å². The van der Waals surface area contributed by atoms with Crippen molar-refractivity contribution in [1.82, 2.24) is 0 Å². The third-order valence-corrected chi connectivity index (χ3v) is 5.98. The number of thioether (sulfide) groups is 1. The van der Waals surface area contributed by atoms with Crippen LogP contribution in [0.3, 0.4) is 0 Å². The molecule has 2 aromatic carbocycles. The second kappa shape index (κ2) is 7.72. The van der Waals surface area contributed by atoms with Crippen molar-refractivity contribution in [1.29, 1.82) is 0 Å². The molecule has 0 saturated carbocycles. The molecule has 0 aliphatic rings. The fourth-order valence-electron chi connectivity index (χ4n) is 2.10. The van der Waals surface area contributed by atoms with Gasteiger partial charge < -0.3 is 10.1 Å². The summed E-state index contributed by atoms with van der Waals surface area (Å²) in [5.41, 5.74) is 0.937. The number of anilines is 1. The van der Waals surface area contributed by atoms with Crippen LogP contribution in [-0.2, 0) is 9.84 Å². The van der Waals surface area contributed by atoms with Crippen LogP contribution in [0.15, 0.2) is 52.3 Å². The van der Waals surface area contributed by atoms with Gasteiger partial charge in [-0.3, -0.25) is 4.79 Å². The van der Waals surface area contributed by atoms with Crippen molar-refractivity contribution in [2.24, 2.45) is 0 Å². The van der Waals surface area contributed by atoms with Crippen molar-refractivity contribution in [3.05, 3.63) is 48.0 Å². The summed E-state index contributed by atoms with van der Waals surface area (Å²) < 4.78 is 28.9. The van der Waals surface area contributed by atoms with Gasteiger partial charge >= 0.3 is 0 Å². The highest BCUT2D eigenvalue weighted by atomic mass is 32.2. The Balaban J connectivity index is 2.21. The molecule has 1 amide bonds. The van der Waals surface area contributed by atoms with E-state index in [-0.39, 0.29) is 16.6 Å². The molecule has 0 heterocycles. The molecule has 0 aliphatic heterocycles. The Hall–Kier alpha value is -1.99. The summed E-state index contributed by atoms with van der Waals surface area (Å²) in [4.78, 5) is 13.7.